The van der Waals surface area contributed by atoms with Gasteiger partial charge in [0.2, 0.25) is 0 Å². The molecule has 0 aliphatic heterocycles. The number of nitrogens with zero attached hydrogens (tertiary/aromatic N) is 1. The average molecular weight is 421 g/mol. The number of aliphatic imine (C=N–C) groups is 1. The SMILES string of the molecule is COCCNC(N)=NCc1ccc(C)cc1OC(C)(C)C.I. The van der Waals surface area contributed by atoms with Gasteiger partial charge in [0, 0.05) is 19.2 Å². The van der Waals surface area contributed by atoms with Gasteiger partial charge in [0.15, 0.2) is 5.96 Å². The van der Waals surface area contributed by atoms with Crippen LogP contribution in [0.2, 0.25) is 0 Å². The molecule has 0 atom stereocenters. The summed E-state index contributed by atoms with van der Waals surface area (Å²) in [6, 6.07) is 6.11. The number of hydrogen-bond acceptors (Lipinski definition) is 3. The van der Waals surface area contributed by atoms with Gasteiger partial charge in [0.05, 0.1) is 13.2 Å². The van der Waals surface area contributed by atoms with Crippen molar-refractivity contribution in [3.05, 3.63) is 29.3 Å². The molecule has 1 aromatic rings. The smallest absolute Gasteiger partial charge is 0.189 e. The maximum Gasteiger partial charge on any atom is 0.189 e. The Balaban J connectivity index is 0.00000441. The fraction of sp³-hybridized carbons (Fsp3) is 0.562. The Labute approximate surface area is 150 Å². The van der Waals surface area contributed by atoms with Crippen LogP contribution in [0.15, 0.2) is 23.2 Å². The predicted molar refractivity (Wildman–Crippen MR) is 102 cm³/mol. The number of methoxy groups -OCH3 is 1. The van der Waals surface area contributed by atoms with Crippen LogP contribution in [0.25, 0.3) is 0 Å². The molecule has 0 heterocycles. The second kappa shape index (κ2) is 9.89. The van der Waals surface area contributed by atoms with E-state index in [2.05, 4.69) is 16.4 Å². The average Bonchev–Trinajstić information content (AvgIpc) is 2.36. The molecule has 0 amide bonds. The van der Waals surface area contributed by atoms with Gasteiger partial charge in [-0.3, -0.25) is 0 Å². The van der Waals surface area contributed by atoms with Gasteiger partial charge in [-0.25, -0.2) is 4.99 Å². The van der Waals surface area contributed by atoms with Crippen LogP contribution in [0, 0.1) is 6.92 Å². The minimum absolute atomic E-state index is 0. The third kappa shape index (κ3) is 8.43. The van der Waals surface area contributed by atoms with Gasteiger partial charge in [-0.2, -0.15) is 0 Å². The maximum absolute atomic E-state index is 5.99. The second-order valence-electron chi connectivity index (χ2n) is 5.95. The van der Waals surface area contributed by atoms with Crippen LogP contribution in [0.4, 0.5) is 0 Å². The number of ether oxygens (including phenoxy) is 2. The summed E-state index contributed by atoms with van der Waals surface area (Å²) >= 11 is 0. The monoisotopic (exact) mass is 421 g/mol. The molecule has 0 unspecified atom stereocenters. The first-order valence-corrected chi connectivity index (χ1v) is 7.13. The van der Waals surface area contributed by atoms with Gasteiger partial charge in [0.25, 0.3) is 0 Å². The standard InChI is InChI=1S/C16H27N3O2.HI/c1-12-6-7-13(14(10-12)21-16(2,3)4)11-19-15(17)18-8-9-20-5;/h6-7,10H,8-9,11H2,1-5H3,(H3,17,18,19);1H. The van der Waals surface area contributed by atoms with E-state index in [0.717, 1.165) is 16.9 Å². The van der Waals surface area contributed by atoms with Crippen LogP contribution in [0.1, 0.15) is 31.9 Å². The molecule has 0 aromatic heterocycles. The summed E-state index contributed by atoms with van der Waals surface area (Å²) in [6.07, 6.45) is 0. The van der Waals surface area contributed by atoms with E-state index in [9.17, 15) is 0 Å². The van der Waals surface area contributed by atoms with E-state index < -0.39 is 0 Å². The van der Waals surface area contributed by atoms with Gasteiger partial charge in [0.1, 0.15) is 11.4 Å². The molecule has 1 rings (SSSR count). The molecule has 3 N–H and O–H groups in total. The summed E-state index contributed by atoms with van der Waals surface area (Å²) in [4.78, 5) is 4.33. The van der Waals surface area contributed by atoms with Crippen LogP contribution in [0.3, 0.4) is 0 Å². The zero-order valence-electron chi connectivity index (χ0n) is 14.1. The highest BCUT2D eigenvalue weighted by Crippen LogP contribution is 2.25. The van der Waals surface area contributed by atoms with Crippen molar-refractivity contribution in [2.24, 2.45) is 10.7 Å². The van der Waals surface area contributed by atoms with Crippen molar-refractivity contribution in [3.63, 3.8) is 0 Å². The van der Waals surface area contributed by atoms with Gasteiger partial charge in [-0.1, -0.05) is 12.1 Å². The first-order chi connectivity index (χ1) is 9.81. The number of nitrogens with two attached hydrogens (primary N) is 1. The normalized spacial score (nSPS) is 11.8. The van der Waals surface area contributed by atoms with E-state index in [4.69, 9.17) is 15.2 Å². The van der Waals surface area contributed by atoms with Crippen LogP contribution >= 0.6 is 24.0 Å². The topological polar surface area (TPSA) is 68.9 Å². The molecule has 0 radical (unpaired) electrons. The van der Waals surface area contributed by atoms with Crippen LogP contribution < -0.4 is 15.8 Å². The maximum atomic E-state index is 5.99. The number of benzene rings is 1. The lowest BCUT2D eigenvalue weighted by molar-refractivity contribution is 0.129. The molecular formula is C16H28IN3O2. The number of hydrogen-bond donors (Lipinski definition) is 2. The van der Waals surface area contributed by atoms with Crippen LogP contribution in [-0.2, 0) is 11.3 Å². The van der Waals surface area contributed by atoms with Crippen molar-refractivity contribution in [1.82, 2.24) is 5.32 Å². The highest BCUT2D eigenvalue weighted by Gasteiger charge is 2.14. The Hall–Kier alpha value is -1.02. The minimum Gasteiger partial charge on any atom is -0.488 e. The van der Waals surface area contributed by atoms with Crippen molar-refractivity contribution in [2.75, 3.05) is 20.3 Å². The number of aryl methyl sites for hydroxylation is 1. The lowest BCUT2D eigenvalue weighted by Gasteiger charge is -2.23. The van der Waals surface area contributed by atoms with E-state index in [1.54, 1.807) is 7.11 Å². The zero-order chi connectivity index (χ0) is 15.9. The lowest BCUT2D eigenvalue weighted by atomic mass is 10.1. The van der Waals surface area contributed by atoms with Crippen molar-refractivity contribution in [2.45, 2.75) is 39.8 Å². The molecule has 0 aliphatic carbocycles. The number of halogens is 1. The quantitative estimate of drug-likeness (QED) is 0.321. The predicted octanol–water partition coefficient (Wildman–Crippen LogP) is 2.84. The summed E-state index contributed by atoms with van der Waals surface area (Å²) in [7, 11) is 1.65. The summed E-state index contributed by atoms with van der Waals surface area (Å²) in [5.74, 6) is 1.27. The summed E-state index contributed by atoms with van der Waals surface area (Å²) in [5.41, 5.74) is 7.75. The Morgan fingerprint density at radius 3 is 2.59 bits per heavy atom. The number of guanidine groups is 1. The van der Waals surface area contributed by atoms with Crippen molar-refractivity contribution in [1.29, 1.82) is 0 Å². The number of nitrogens with one attached hydrogen (secondary N) is 1. The Bertz CT molecular complexity index is 485. The summed E-state index contributed by atoms with van der Waals surface area (Å²) in [5, 5.41) is 2.99. The number of rotatable bonds is 6. The molecule has 0 spiro atoms. The van der Waals surface area contributed by atoms with Gasteiger partial charge >= 0.3 is 0 Å². The summed E-state index contributed by atoms with van der Waals surface area (Å²) < 4.78 is 10.9. The third-order valence-corrected chi connectivity index (χ3v) is 2.67. The fourth-order valence-corrected chi connectivity index (χ4v) is 1.72. The molecule has 0 bridgehead atoms. The van der Waals surface area contributed by atoms with Gasteiger partial charge in [-0.15, -0.1) is 24.0 Å². The molecule has 1 aromatic carbocycles. The highest BCUT2D eigenvalue weighted by molar-refractivity contribution is 14.0. The van der Waals surface area contributed by atoms with E-state index in [-0.39, 0.29) is 29.6 Å². The Kier molecular flexibility index (Phi) is 9.43. The molecule has 126 valence electrons. The van der Waals surface area contributed by atoms with Crippen molar-refractivity contribution in [3.8, 4) is 5.75 Å². The molecule has 6 heteroatoms. The molecule has 0 saturated carbocycles. The van der Waals surface area contributed by atoms with Gasteiger partial charge < -0.3 is 20.5 Å². The molecule has 0 saturated heterocycles. The van der Waals surface area contributed by atoms with Crippen LogP contribution in [-0.4, -0.2) is 31.8 Å². The van der Waals surface area contributed by atoms with Crippen molar-refractivity contribution >= 4 is 29.9 Å². The molecule has 0 aliphatic rings. The molecule has 0 fully saturated rings. The Morgan fingerprint density at radius 1 is 1.32 bits per heavy atom. The molecule has 22 heavy (non-hydrogen) atoms. The van der Waals surface area contributed by atoms with E-state index >= 15 is 0 Å². The Morgan fingerprint density at radius 2 is 2.00 bits per heavy atom. The zero-order valence-corrected chi connectivity index (χ0v) is 16.4. The first kappa shape index (κ1) is 21.0. The third-order valence-electron chi connectivity index (χ3n) is 2.67. The van der Waals surface area contributed by atoms with Crippen molar-refractivity contribution < 1.29 is 9.47 Å². The minimum atomic E-state index is -0.242. The lowest BCUT2D eigenvalue weighted by Crippen LogP contribution is -2.34. The fourth-order valence-electron chi connectivity index (χ4n) is 1.72. The van der Waals surface area contributed by atoms with E-state index in [0.29, 0.717) is 25.7 Å². The first-order valence-electron chi connectivity index (χ1n) is 7.13. The molecular weight excluding hydrogens is 393 g/mol. The van der Waals surface area contributed by atoms with E-state index in [1.807, 2.05) is 39.8 Å². The van der Waals surface area contributed by atoms with Gasteiger partial charge in [-0.05, 0) is 39.3 Å². The van der Waals surface area contributed by atoms with E-state index in [1.165, 1.54) is 0 Å². The second-order valence-corrected chi connectivity index (χ2v) is 5.95. The summed E-state index contributed by atoms with van der Waals surface area (Å²) in [6.45, 7) is 9.86. The van der Waals surface area contributed by atoms with Crippen LogP contribution in [0.5, 0.6) is 5.75 Å². The largest absolute Gasteiger partial charge is 0.488 e. The molecule has 5 nitrogen and oxygen atoms in total. The highest BCUT2D eigenvalue weighted by atomic mass is 127.